The molecule has 2 aromatic carbocycles. The van der Waals surface area contributed by atoms with Gasteiger partial charge in [0.2, 0.25) is 0 Å². The van der Waals surface area contributed by atoms with Crippen LogP contribution in [0.3, 0.4) is 0 Å². The maximum absolute atomic E-state index is 13.3. The Bertz CT molecular complexity index is 1460. The fourth-order valence-electron chi connectivity index (χ4n) is 4.56. The van der Waals surface area contributed by atoms with Crippen LogP contribution in [0.2, 0.25) is 0 Å². The molecule has 42 heavy (non-hydrogen) atoms. The number of ether oxygens (including phenoxy) is 1. The lowest BCUT2D eigenvalue weighted by molar-refractivity contribution is -0.274. The van der Waals surface area contributed by atoms with Gasteiger partial charge in [0.1, 0.15) is 5.75 Å². The number of halogens is 3. The van der Waals surface area contributed by atoms with E-state index >= 15 is 0 Å². The van der Waals surface area contributed by atoms with Crippen LogP contribution in [0.15, 0.2) is 70.4 Å². The zero-order valence-electron chi connectivity index (χ0n) is 24.0. The molecule has 2 aliphatic heterocycles. The van der Waals surface area contributed by atoms with Crippen molar-refractivity contribution in [1.82, 2.24) is 9.91 Å². The Morgan fingerprint density at radius 1 is 1.17 bits per heavy atom. The number of hydrazone groups is 1. The highest BCUT2D eigenvalue weighted by Gasteiger charge is 2.32. The Morgan fingerprint density at radius 2 is 1.88 bits per heavy atom. The largest absolute Gasteiger partial charge is 0.573 e. The zero-order valence-corrected chi connectivity index (χ0v) is 24.0. The number of nitrogens with zero attached hydrogens (tertiary/aromatic N) is 5. The third kappa shape index (κ3) is 7.64. The molecule has 1 saturated heterocycles. The topological polar surface area (TPSA) is 116 Å². The van der Waals surface area contributed by atoms with Crippen LogP contribution in [0.5, 0.6) is 5.75 Å². The van der Waals surface area contributed by atoms with Gasteiger partial charge in [-0.25, -0.2) is 5.84 Å². The van der Waals surface area contributed by atoms with Crippen LogP contribution in [0.1, 0.15) is 29.8 Å². The van der Waals surface area contributed by atoms with Gasteiger partial charge in [-0.3, -0.25) is 14.8 Å². The highest BCUT2D eigenvalue weighted by Crippen LogP contribution is 2.31. The molecule has 0 bridgehead atoms. The minimum atomic E-state index is -4.90. The quantitative estimate of drug-likeness (QED) is 0.241. The van der Waals surface area contributed by atoms with Gasteiger partial charge in [0.25, 0.3) is 5.91 Å². The Kier molecular flexibility index (Phi) is 9.15. The van der Waals surface area contributed by atoms with Gasteiger partial charge in [-0.2, -0.15) is 5.10 Å². The minimum Gasteiger partial charge on any atom is -0.406 e. The predicted molar refractivity (Wildman–Crippen MR) is 158 cm³/mol. The number of allylic oxidation sites excluding steroid dienone is 1. The van der Waals surface area contributed by atoms with Gasteiger partial charge in [0, 0.05) is 62.4 Å². The normalized spacial score (nSPS) is 16.2. The number of hydrogen-bond acceptors (Lipinski definition) is 9. The van der Waals surface area contributed by atoms with Crippen molar-refractivity contribution in [2.24, 2.45) is 16.7 Å². The number of carbonyl (C=O) groups is 1. The van der Waals surface area contributed by atoms with E-state index in [0.29, 0.717) is 41.4 Å². The van der Waals surface area contributed by atoms with Gasteiger partial charge in [0.15, 0.2) is 0 Å². The summed E-state index contributed by atoms with van der Waals surface area (Å²) in [6.45, 7) is 9.39. The summed E-state index contributed by atoms with van der Waals surface area (Å²) in [5.41, 5.74) is 13.3. The number of piperazine rings is 1. The van der Waals surface area contributed by atoms with E-state index in [1.807, 2.05) is 18.7 Å². The number of carbonyl (C=O) groups excluding carboxylic acids is 1. The van der Waals surface area contributed by atoms with E-state index < -0.39 is 18.0 Å². The van der Waals surface area contributed by atoms with Crippen molar-refractivity contribution in [3.8, 4) is 5.75 Å². The summed E-state index contributed by atoms with van der Waals surface area (Å²) in [5, 5.41) is 9.97. The maximum Gasteiger partial charge on any atom is 0.573 e. The first kappa shape index (κ1) is 30.5. The van der Waals surface area contributed by atoms with Crippen molar-refractivity contribution < 1.29 is 22.7 Å². The van der Waals surface area contributed by atoms with Gasteiger partial charge in [-0.05, 0) is 50.2 Å². The molecule has 0 atom stereocenters. The van der Waals surface area contributed by atoms with Gasteiger partial charge >= 0.3 is 6.36 Å². The Hall–Kier alpha value is -4.45. The van der Waals surface area contributed by atoms with Crippen molar-refractivity contribution in [3.63, 3.8) is 0 Å². The molecule has 2 aliphatic rings. The summed E-state index contributed by atoms with van der Waals surface area (Å²) in [4.78, 5) is 17.5. The number of hydrazine groups is 1. The molecule has 0 radical (unpaired) electrons. The molecule has 4 rings (SSSR count). The van der Waals surface area contributed by atoms with E-state index in [-0.39, 0.29) is 5.56 Å². The van der Waals surface area contributed by atoms with E-state index in [0.717, 1.165) is 37.0 Å². The van der Waals surface area contributed by atoms with Crippen LogP contribution in [0.4, 0.5) is 30.2 Å². The number of anilines is 3. The van der Waals surface area contributed by atoms with Crippen molar-refractivity contribution in [3.05, 3.63) is 76.4 Å². The molecule has 0 aliphatic carbocycles. The summed E-state index contributed by atoms with van der Waals surface area (Å²) in [7, 11) is 1.79. The van der Waals surface area contributed by atoms with Crippen LogP contribution in [0.25, 0.3) is 0 Å². The number of benzene rings is 2. The number of amides is 1. The Balaban J connectivity index is 1.57. The minimum absolute atomic E-state index is 0.0242. The average molecular weight is 585 g/mol. The van der Waals surface area contributed by atoms with E-state index in [4.69, 9.17) is 11.6 Å². The van der Waals surface area contributed by atoms with Crippen LogP contribution in [-0.4, -0.2) is 68.2 Å². The third-order valence-electron chi connectivity index (χ3n) is 7.07. The van der Waals surface area contributed by atoms with Crippen LogP contribution >= 0.6 is 0 Å². The van der Waals surface area contributed by atoms with E-state index in [1.165, 1.54) is 17.3 Å². The van der Waals surface area contributed by atoms with E-state index in [2.05, 4.69) is 32.7 Å². The van der Waals surface area contributed by atoms with Crippen molar-refractivity contribution in [2.45, 2.75) is 27.1 Å². The summed E-state index contributed by atoms with van der Waals surface area (Å²) in [6, 6.07) is 9.04. The summed E-state index contributed by atoms with van der Waals surface area (Å²) in [6.07, 6.45) is -1.81. The molecular weight excluding hydrogens is 549 g/mol. The first-order chi connectivity index (χ1) is 19.8. The third-order valence-corrected chi connectivity index (χ3v) is 7.07. The lowest BCUT2D eigenvalue weighted by Gasteiger charge is -2.35. The first-order valence-corrected chi connectivity index (χ1v) is 13.4. The van der Waals surface area contributed by atoms with Crippen LogP contribution in [0, 0.1) is 6.92 Å². The molecule has 0 aromatic heterocycles. The van der Waals surface area contributed by atoms with E-state index in [9.17, 15) is 18.0 Å². The number of nitrogens with one attached hydrogen (secondary N) is 1. The average Bonchev–Trinajstić information content (AvgIpc) is 2.94. The van der Waals surface area contributed by atoms with Gasteiger partial charge < -0.3 is 25.6 Å². The molecular formula is C29H35F3N8O2. The number of hydrogen-bond donors (Lipinski definition) is 3. The highest BCUT2D eigenvalue weighted by molar-refractivity contribution is 6.05. The molecule has 13 heteroatoms. The Labute approximate surface area is 242 Å². The SMILES string of the molecule is CCN1CCN(c2cc(OC(F)(F)F)cc(C(=O)Nc3ccc(C)c(N(N)/C=C(\N)C4=C=C(C)N(C)N=C4)c3)c2)CC1. The van der Waals surface area contributed by atoms with E-state index in [1.54, 1.807) is 42.5 Å². The molecule has 10 nitrogen and oxygen atoms in total. The second-order valence-electron chi connectivity index (χ2n) is 10.0. The number of alkyl halides is 3. The Morgan fingerprint density at radius 3 is 2.52 bits per heavy atom. The fourth-order valence-corrected chi connectivity index (χ4v) is 4.56. The maximum atomic E-state index is 13.3. The molecule has 1 fully saturated rings. The molecule has 224 valence electrons. The summed E-state index contributed by atoms with van der Waals surface area (Å²) in [5.74, 6) is 5.25. The fraction of sp³-hybridized carbons (Fsp3) is 0.345. The zero-order chi connectivity index (χ0) is 30.6. The molecule has 0 spiro atoms. The second kappa shape index (κ2) is 12.6. The van der Waals surface area contributed by atoms with Gasteiger partial charge in [-0.1, -0.05) is 18.7 Å². The predicted octanol–water partition coefficient (Wildman–Crippen LogP) is 4.13. The molecule has 2 aromatic rings. The molecule has 0 unspecified atom stereocenters. The number of nitrogens with two attached hydrogens (primary N) is 2. The second-order valence-corrected chi connectivity index (χ2v) is 10.0. The molecule has 0 saturated carbocycles. The van der Waals surface area contributed by atoms with Gasteiger partial charge in [0.05, 0.1) is 28.9 Å². The first-order valence-electron chi connectivity index (χ1n) is 13.4. The number of likely N-dealkylation sites (N-methyl/N-ethyl adjacent to an activating group) is 1. The lowest BCUT2D eigenvalue weighted by Crippen LogP contribution is -2.46. The smallest absolute Gasteiger partial charge is 0.406 e. The monoisotopic (exact) mass is 584 g/mol. The van der Waals surface area contributed by atoms with Crippen molar-refractivity contribution in [2.75, 3.05) is 55.0 Å². The number of rotatable bonds is 8. The molecule has 1 amide bonds. The summed E-state index contributed by atoms with van der Waals surface area (Å²) >= 11 is 0. The highest BCUT2D eigenvalue weighted by atomic mass is 19.4. The standard InChI is InChI=1S/C29H35F3N8O2/c1-5-38-8-10-39(11-9-38)24-13-21(14-25(16-24)42-29(30,31)32)28(41)36-23-7-6-19(2)27(15-23)40(34)18-26(33)22-12-20(3)37(4)35-17-22/h6-7,13-18H,5,8-11,33-34H2,1-4H3,(H,36,41)/b26-18-. The lowest BCUT2D eigenvalue weighted by atomic mass is 10.1. The molecule has 5 N–H and O–H groups in total. The van der Waals surface area contributed by atoms with Crippen molar-refractivity contribution >= 4 is 29.2 Å². The van der Waals surface area contributed by atoms with Crippen LogP contribution in [-0.2, 0) is 0 Å². The summed E-state index contributed by atoms with van der Waals surface area (Å²) < 4.78 is 43.5. The number of aryl methyl sites for hydroxylation is 1. The van der Waals surface area contributed by atoms with Crippen LogP contribution < -0.4 is 31.5 Å². The van der Waals surface area contributed by atoms with Gasteiger partial charge in [-0.15, -0.1) is 13.2 Å². The van der Waals surface area contributed by atoms with Crippen molar-refractivity contribution in [1.29, 1.82) is 0 Å². The molecule has 2 heterocycles.